The van der Waals surface area contributed by atoms with Crippen LogP contribution in [0, 0.1) is 5.82 Å². The van der Waals surface area contributed by atoms with Gasteiger partial charge in [-0.05, 0) is 28.1 Å². The van der Waals surface area contributed by atoms with E-state index in [0.29, 0.717) is 0 Å². The normalized spacial score (nSPS) is 12.6. The molecule has 0 saturated carbocycles. The minimum absolute atomic E-state index is 0.206. The lowest BCUT2D eigenvalue weighted by atomic mass is 10.3. The number of benzene rings is 1. The SMILES string of the molecule is O=S(=O)(Oc1cccc(Br)c1F)C(F)(F)F. The van der Waals surface area contributed by atoms with Crippen LogP contribution >= 0.6 is 15.9 Å². The van der Waals surface area contributed by atoms with Crippen LogP contribution in [0.15, 0.2) is 22.7 Å². The van der Waals surface area contributed by atoms with Crippen LogP contribution in [-0.4, -0.2) is 13.9 Å². The monoisotopic (exact) mass is 322 g/mol. The second kappa shape index (κ2) is 4.21. The Morgan fingerprint density at radius 2 is 1.81 bits per heavy atom. The summed E-state index contributed by atoms with van der Waals surface area (Å²) in [4.78, 5) is 0. The van der Waals surface area contributed by atoms with Gasteiger partial charge in [-0.1, -0.05) is 6.07 Å². The van der Waals surface area contributed by atoms with Crippen LogP contribution in [0.2, 0.25) is 0 Å². The smallest absolute Gasteiger partial charge is 0.373 e. The maximum Gasteiger partial charge on any atom is 0.534 e. The van der Waals surface area contributed by atoms with Gasteiger partial charge in [-0.2, -0.15) is 21.6 Å². The summed E-state index contributed by atoms with van der Waals surface area (Å²) in [7, 11) is -5.85. The van der Waals surface area contributed by atoms with E-state index >= 15 is 0 Å². The highest BCUT2D eigenvalue weighted by Gasteiger charge is 2.48. The van der Waals surface area contributed by atoms with Crippen molar-refractivity contribution in [3.8, 4) is 5.75 Å². The zero-order chi connectivity index (χ0) is 12.6. The Hall–Kier alpha value is -0.830. The molecule has 0 N–H and O–H groups in total. The molecule has 0 unspecified atom stereocenters. The number of alkyl halides is 3. The van der Waals surface area contributed by atoms with Crippen molar-refractivity contribution in [2.45, 2.75) is 5.51 Å². The first kappa shape index (κ1) is 13.2. The van der Waals surface area contributed by atoms with Crippen LogP contribution in [0.25, 0.3) is 0 Å². The lowest BCUT2D eigenvalue weighted by Crippen LogP contribution is -2.28. The van der Waals surface area contributed by atoms with E-state index in [1.54, 1.807) is 0 Å². The Balaban J connectivity index is 3.12. The standard InChI is InChI=1S/C7H3BrF4O3S/c8-4-2-1-3-5(6(4)9)15-16(13,14)7(10,11)12/h1-3H. The molecule has 9 heteroatoms. The second-order valence-electron chi connectivity index (χ2n) is 2.54. The molecule has 16 heavy (non-hydrogen) atoms. The first-order valence-electron chi connectivity index (χ1n) is 3.60. The van der Waals surface area contributed by atoms with Crippen molar-refractivity contribution in [3.63, 3.8) is 0 Å². The third kappa shape index (κ3) is 2.64. The fraction of sp³-hybridized carbons (Fsp3) is 0.143. The van der Waals surface area contributed by atoms with Gasteiger partial charge in [0, 0.05) is 0 Å². The summed E-state index contributed by atoms with van der Waals surface area (Å²) in [6.07, 6.45) is 0. The Morgan fingerprint density at radius 3 is 2.31 bits per heavy atom. The van der Waals surface area contributed by atoms with Crippen molar-refractivity contribution < 1.29 is 30.2 Å². The molecule has 0 aromatic heterocycles. The fourth-order valence-corrected chi connectivity index (χ4v) is 1.52. The van der Waals surface area contributed by atoms with Crippen molar-refractivity contribution in [1.82, 2.24) is 0 Å². The lowest BCUT2D eigenvalue weighted by Gasteiger charge is -2.10. The van der Waals surface area contributed by atoms with Gasteiger partial charge in [-0.3, -0.25) is 0 Å². The van der Waals surface area contributed by atoms with Crippen LogP contribution in [0.5, 0.6) is 5.75 Å². The minimum Gasteiger partial charge on any atom is -0.373 e. The first-order valence-corrected chi connectivity index (χ1v) is 5.80. The van der Waals surface area contributed by atoms with Crippen molar-refractivity contribution in [3.05, 3.63) is 28.5 Å². The third-order valence-corrected chi connectivity index (χ3v) is 2.98. The molecule has 1 rings (SSSR count). The van der Waals surface area contributed by atoms with Crippen molar-refractivity contribution in [2.24, 2.45) is 0 Å². The Bertz CT molecular complexity index is 497. The van der Waals surface area contributed by atoms with E-state index in [1.807, 2.05) is 0 Å². The zero-order valence-corrected chi connectivity index (χ0v) is 9.66. The van der Waals surface area contributed by atoms with Crippen LogP contribution < -0.4 is 4.18 Å². The molecule has 0 amide bonds. The lowest BCUT2D eigenvalue weighted by molar-refractivity contribution is -0.0500. The predicted octanol–water partition coefficient (Wildman–Crippen LogP) is 2.82. The largest absolute Gasteiger partial charge is 0.534 e. The average Bonchev–Trinajstić information content (AvgIpc) is 2.11. The molecule has 0 radical (unpaired) electrons. The van der Waals surface area contributed by atoms with Gasteiger partial charge in [0.05, 0.1) is 4.47 Å². The Kier molecular flexibility index (Phi) is 3.48. The zero-order valence-electron chi connectivity index (χ0n) is 7.25. The van der Waals surface area contributed by atoms with Gasteiger partial charge < -0.3 is 4.18 Å². The number of hydrogen-bond acceptors (Lipinski definition) is 3. The summed E-state index contributed by atoms with van der Waals surface area (Å²) in [6.45, 7) is 0. The third-order valence-electron chi connectivity index (χ3n) is 1.40. The van der Waals surface area contributed by atoms with Crippen molar-refractivity contribution >= 4 is 26.0 Å². The van der Waals surface area contributed by atoms with E-state index in [1.165, 1.54) is 6.07 Å². The summed E-state index contributed by atoms with van der Waals surface area (Å²) in [5.41, 5.74) is -5.60. The number of hydrogen-bond donors (Lipinski definition) is 0. The van der Waals surface area contributed by atoms with Crippen LogP contribution in [0.4, 0.5) is 17.6 Å². The number of halogens is 5. The van der Waals surface area contributed by atoms with Crippen molar-refractivity contribution in [2.75, 3.05) is 0 Å². The van der Waals surface area contributed by atoms with E-state index in [9.17, 15) is 26.0 Å². The highest BCUT2D eigenvalue weighted by molar-refractivity contribution is 9.10. The summed E-state index contributed by atoms with van der Waals surface area (Å²) >= 11 is 2.67. The second-order valence-corrected chi connectivity index (χ2v) is 4.93. The summed E-state index contributed by atoms with van der Waals surface area (Å²) < 4.78 is 73.4. The van der Waals surface area contributed by atoms with Crippen LogP contribution in [-0.2, 0) is 10.1 Å². The highest BCUT2D eigenvalue weighted by atomic mass is 79.9. The molecule has 90 valence electrons. The van der Waals surface area contributed by atoms with E-state index in [-0.39, 0.29) is 4.47 Å². The molecule has 0 heterocycles. The van der Waals surface area contributed by atoms with Crippen molar-refractivity contribution in [1.29, 1.82) is 0 Å². The van der Waals surface area contributed by atoms with Gasteiger partial charge in [-0.15, -0.1) is 0 Å². The molecule has 0 aliphatic rings. The maximum atomic E-state index is 13.1. The van der Waals surface area contributed by atoms with Gasteiger partial charge in [0.25, 0.3) is 0 Å². The Morgan fingerprint density at radius 1 is 1.25 bits per heavy atom. The molecule has 0 aliphatic heterocycles. The molecule has 0 aliphatic carbocycles. The van der Waals surface area contributed by atoms with Gasteiger partial charge in [-0.25, -0.2) is 4.39 Å². The highest BCUT2D eigenvalue weighted by Crippen LogP contribution is 2.30. The minimum atomic E-state index is -5.85. The van der Waals surface area contributed by atoms with E-state index in [4.69, 9.17) is 0 Å². The van der Waals surface area contributed by atoms with Gasteiger partial charge in [0.2, 0.25) is 0 Å². The quantitative estimate of drug-likeness (QED) is 0.478. The molecule has 0 spiro atoms. The fourth-order valence-electron chi connectivity index (χ4n) is 0.714. The Labute approximate surface area is 96.3 Å². The molecule has 1 aromatic carbocycles. The van der Waals surface area contributed by atoms with E-state index in [2.05, 4.69) is 20.1 Å². The van der Waals surface area contributed by atoms with E-state index in [0.717, 1.165) is 12.1 Å². The molecular formula is C7H3BrF4O3S. The average molecular weight is 323 g/mol. The van der Waals surface area contributed by atoms with Crippen LogP contribution in [0.3, 0.4) is 0 Å². The summed E-state index contributed by atoms with van der Waals surface area (Å²) in [6, 6.07) is 3.08. The molecule has 1 aromatic rings. The topological polar surface area (TPSA) is 43.4 Å². The first-order chi connectivity index (χ1) is 7.15. The van der Waals surface area contributed by atoms with E-state index < -0.39 is 27.2 Å². The molecule has 0 saturated heterocycles. The van der Waals surface area contributed by atoms with Gasteiger partial charge >= 0.3 is 15.6 Å². The predicted molar refractivity (Wildman–Crippen MR) is 49.7 cm³/mol. The molecular weight excluding hydrogens is 320 g/mol. The van der Waals surface area contributed by atoms with Gasteiger partial charge in [0.15, 0.2) is 11.6 Å². The number of rotatable bonds is 2. The van der Waals surface area contributed by atoms with Gasteiger partial charge in [0.1, 0.15) is 0 Å². The molecule has 0 bridgehead atoms. The van der Waals surface area contributed by atoms with Crippen LogP contribution in [0.1, 0.15) is 0 Å². The molecule has 0 fully saturated rings. The molecule has 0 atom stereocenters. The molecule has 3 nitrogen and oxygen atoms in total. The summed E-state index contributed by atoms with van der Waals surface area (Å²) in [5.74, 6) is -2.25. The summed E-state index contributed by atoms with van der Waals surface area (Å²) in [5, 5.41) is 0. The maximum absolute atomic E-state index is 13.1.